The van der Waals surface area contributed by atoms with Crippen molar-refractivity contribution in [3.8, 4) is 0 Å². The average Bonchev–Trinajstić information content (AvgIpc) is 2.19. The molecule has 0 spiro atoms. The van der Waals surface area contributed by atoms with Gasteiger partial charge in [0.2, 0.25) is 0 Å². The van der Waals surface area contributed by atoms with E-state index in [2.05, 4.69) is 24.2 Å². The molecule has 0 saturated carbocycles. The fourth-order valence-corrected chi connectivity index (χ4v) is 0.693. The predicted molar refractivity (Wildman–Crippen MR) is 75.7 cm³/mol. The van der Waals surface area contributed by atoms with E-state index in [-0.39, 0.29) is 24.3 Å². The number of rotatable bonds is 5. The molecule has 0 amide bonds. The van der Waals surface area contributed by atoms with Crippen LogP contribution in [0.25, 0.3) is 0 Å². The molecule has 0 bridgehead atoms. The van der Waals surface area contributed by atoms with Gasteiger partial charge in [0, 0.05) is 13.2 Å². The second-order valence-corrected chi connectivity index (χ2v) is 3.24. The number of aliphatic hydroxyl groups is 1. The Bertz CT molecular complexity index is 197. The van der Waals surface area contributed by atoms with Crippen LogP contribution in [0.15, 0.2) is 4.99 Å². The van der Waals surface area contributed by atoms with Gasteiger partial charge in [-0.1, -0.05) is 26.7 Å². The molecule has 0 aromatic carbocycles. The van der Waals surface area contributed by atoms with Crippen LogP contribution in [0.1, 0.15) is 39.5 Å². The van der Waals surface area contributed by atoms with E-state index < -0.39 is 0 Å². The van der Waals surface area contributed by atoms with Crippen LogP contribution >= 0.6 is 12.4 Å². The van der Waals surface area contributed by atoms with Crippen molar-refractivity contribution in [3.63, 3.8) is 0 Å². The Balaban J connectivity index is -0.000000280. The largest absolute Gasteiger partial charge is 0.396 e. The summed E-state index contributed by atoms with van der Waals surface area (Å²) in [5.41, 5.74) is 10.3. The Morgan fingerprint density at radius 3 is 2.06 bits per heavy atom. The third-order valence-electron chi connectivity index (χ3n) is 1.57. The molecule has 0 heterocycles. The number of nitrogens with zero attached hydrogens (tertiary/aromatic N) is 1. The number of guanidine groups is 2. The highest BCUT2D eigenvalue weighted by molar-refractivity contribution is 5.95. The van der Waals surface area contributed by atoms with E-state index >= 15 is 0 Å². The first-order valence-corrected chi connectivity index (χ1v) is 5.60. The number of aliphatic hydroxyl groups excluding tert-OH is 1. The first-order valence-electron chi connectivity index (χ1n) is 5.60. The predicted octanol–water partition coefficient (Wildman–Crippen LogP) is 0.785. The van der Waals surface area contributed by atoms with E-state index in [1.54, 1.807) is 0 Å². The molecule has 0 saturated heterocycles. The summed E-state index contributed by atoms with van der Waals surface area (Å²) in [7, 11) is 0. The molecule has 0 fully saturated rings. The number of nitrogens with one attached hydrogen (secondary N) is 2. The highest BCUT2D eigenvalue weighted by atomic mass is 35.5. The lowest BCUT2D eigenvalue weighted by atomic mass is 10.3. The lowest BCUT2D eigenvalue weighted by Crippen LogP contribution is -2.40. The van der Waals surface area contributed by atoms with Crippen LogP contribution < -0.4 is 16.8 Å². The molecule has 0 aromatic heterocycles. The Labute approximate surface area is 110 Å². The molecule has 6 nitrogen and oxygen atoms in total. The van der Waals surface area contributed by atoms with Gasteiger partial charge < -0.3 is 16.6 Å². The minimum atomic E-state index is -0.178. The summed E-state index contributed by atoms with van der Waals surface area (Å²) < 4.78 is 0. The molecule has 7 heteroatoms. The summed E-state index contributed by atoms with van der Waals surface area (Å²) in [5, 5.41) is 17.3. The van der Waals surface area contributed by atoms with E-state index in [4.69, 9.17) is 22.0 Å². The SMILES string of the molecule is CCCCN=C(N)NC(=N)N.CCCCO.Cl. The van der Waals surface area contributed by atoms with E-state index in [0.717, 1.165) is 25.7 Å². The minimum absolute atomic E-state index is 0. The molecule has 7 N–H and O–H groups in total. The Morgan fingerprint density at radius 2 is 1.76 bits per heavy atom. The molecule has 0 unspecified atom stereocenters. The topological polar surface area (TPSA) is 121 Å². The molecular formula is C10H26ClN5O. The summed E-state index contributed by atoms with van der Waals surface area (Å²) >= 11 is 0. The van der Waals surface area contributed by atoms with Crippen molar-refractivity contribution in [3.05, 3.63) is 0 Å². The monoisotopic (exact) mass is 267 g/mol. The Hall–Kier alpha value is -1.01. The minimum Gasteiger partial charge on any atom is -0.396 e. The number of halogens is 1. The van der Waals surface area contributed by atoms with Gasteiger partial charge in [-0.15, -0.1) is 12.4 Å². The van der Waals surface area contributed by atoms with Crippen molar-refractivity contribution in [2.45, 2.75) is 39.5 Å². The van der Waals surface area contributed by atoms with Crippen LogP contribution in [0, 0.1) is 5.41 Å². The van der Waals surface area contributed by atoms with Crippen molar-refractivity contribution in [1.29, 1.82) is 5.41 Å². The summed E-state index contributed by atoms with van der Waals surface area (Å²) in [6, 6.07) is 0. The zero-order valence-electron chi connectivity index (χ0n) is 10.7. The van der Waals surface area contributed by atoms with Crippen molar-refractivity contribution < 1.29 is 5.11 Å². The zero-order valence-corrected chi connectivity index (χ0v) is 11.5. The quantitative estimate of drug-likeness (QED) is 0.287. The van der Waals surface area contributed by atoms with Crippen LogP contribution in [0.3, 0.4) is 0 Å². The molecule has 0 aromatic rings. The van der Waals surface area contributed by atoms with Crippen LogP contribution in [0.4, 0.5) is 0 Å². The fourth-order valence-electron chi connectivity index (χ4n) is 0.693. The molecular weight excluding hydrogens is 242 g/mol. The first kappa shape index (κ1) is 21.3. The lowest BCUT2D eigenvalue weighted by molar-refractivity contribution is 0.287. The highest BCUT2D eigenvalue weighted by Crippen LogP contribution is 1.85. The molecule has 0 aliphatic carbocycles. The third-order valence-corrected chi connectivity index (χ3v) is 1.57. The van der Waals surface area contributed by atoms with Crippen LogP contribution in [-0.4, -0.2) is 30.2 Å². The molecule has 104 valence electrons. The van der Waals surface area contributed by atoms with E-state index in [0.29, 0.717) is 13.2 Å². The average molecular weight is 268 g/mol. The second kappa shape index (κ2) is 17.4. The smallest absolute Gasteiger partial charge is 0.195 e. The molecule has 0 aliphatic heterocycles. The summed E-state index contributed by atoms with van der Waals surface area (Å²) in [5.74, 6) is 0.0358. The Kier molecular flexibility index (Phi) is 21.8. The van der Waals surface area contributed by atoms with Gasteiger partial charge in [-0.25, -0.2) is 0 Å². The van der Waals surface area contributed by atoms with Crippen LogP contribution in [-0.2, 0) is 0 Å². The number of unbranched alkanes of at least 4 members (excludes halogenated alkanes) is 2. The third kappa shape index (κ3) is 25.3. The molecule has 0 atom stereocenters. The van der Waals surface area contributed by atoms with Gasteiger partial charge >= 0.3 is 0 Å². The van der Waals surface area contributed by atoms with E-state index in [1.807, 2.05) is 0 Å². The van der Waals surface area contributed by atoms with Crippen molar-refractivity contribution in [2.75, 3.05) is 13.2 Å². The fraction of sp³-hybridized carbons (Fsp3) is 0.800. The van der Waals surface area contributed by atoms with Crippen molar-refractivity contribution in [2.24, 2.45) is 16.5 Å². The summed E-state index contributed by atoms with van der Waals surface area (Å²) in [4.78, 5) is 3.92. The number of hydrogen-bond acceptors (Lipinski definition) is 3. The second-order valence-electron chi connectivity index (χ2n) is 3.24. The van der Waals surface area contributed by atoms with Gasteiger partial charge in [0.15, 0.2) is 11.9 Å². The van der Waals surface area contributed by atoms with Gasteiger partial charge in [0.05, 0.1) is 0 Å². The first-order chi connectivity index (χ1) is 7.58. The van der Waals surface area contributed by atoms with Gasteiger partial charge in [0.1, 0.15) is 0 Å². The van der Waals surface area contributed by atoms with Crippen LogP contribution in [0.5, 0.6) is 0 Å². The molecule has 17 heavy (non-hydrogen) atoms. The molecule has 0 aliphatic rings. The number of hydrogen-bond donors (Lipinski definition) is 5. The Morgan fingerprint density at radius 1 is 1.24 bits per heavy atom. The normalized spacial score (nSPS) is 9.71. The van der Waals surface area contributed by atoms with Crippen molar-refractivity contribution in [1.82, 2.24) is 5.32 Å². The lowest BCUT2D eigenvalue weighted by Gasteiger charge is -2.00. The van der Waals surface area contributed by atoms with Gasteiger partial charge in [-0.2, -0.15) is 0 Å². The van der Waals surface area contributed by atoms with E-state index in [1.165, 1.54) is 0 Å². The van der Waals surface area contributed by atoms with Gasteiger partial charge in [-0.05, 0) is 12.8 Å². The van der Waals surface area contributed by atoms with Crippen molar-refractivity contribution >= 4 is 24.3 Å². The number of nitrogens with two attached hydrogens (primary N) is 2. The highest BCUT2D eigenvalue weighted by Gasteiger charge is 1.90. The standard InChI is InChI=1S/C6H15N5.C4H10O.ClH/c1-2-3-4-10-6(9)11-5(7)8;1-2-3-4-5;/h2-4H2,1H3,(H6,7,8,9,10,11);5H,2-4H2,1H3;1H. The van der Waals surface area contributed by atoms with E-state index in [9.17, 15) is 0 Å². The number of aliphatic imine (C=N–C) groups is 1. The maximum Gasteiger partial charge on any atom is 0.195 e. The zero-order chi connectivity index (χ0) is 12.8. The maximum absolute atomic E-state index is 8.07. The van der Waals surface area contributed by atoms with Gasteiger partial charge in [0.25, 0.3) is 0 Å². The van der Waals surface area contributed by atoms with Crippen LogP contribution in [0.2, 0.25) is 0 Å². The van der Waals surface area contributed by atoms with Gasteiger partial charge in [-0.3, -0.25) is 15.7 Å². The molecule has 0 radical (unpaired) electrons. The summed E-state index contributed by atoms with van der Waals surface area (Å²) in [6.45, 7) is 5.15. The maximum atomic E-state index is 8.07. The summed E-state index contributed by atoms with van der Waals surface area (Å²) in [6.07, 6.45) is 4.12. The molecule has 0 rings (SSSR count).